The van der Waals surface area contributed by atoms with Gasteiger partial charge in [0.2, 0.25) is 0 Å². The van der Waals surface area contributed by atoms with E-state index in [1.165, 1.54) is 38.5 Å². The molecule has 0 aliphatic rings. The molecule has 0 saturated carbocycles. The van der Waals surface area contributed by atoms with Crippen LogP contribution in [0.15, 0.2) is 30.3 Å². The molecule has 1 aromatic carbocycles. The van der Waals surface area contributed by atoms with Crippen LogP contribution in [-0.2, 0) is 5.41 Å². The fourth-order valence-electron chi connectivity index (χ4n) is 3.04. The molecule has 0 fully saturated rings. The normalized spacial score (nSPS) is 11.7. The smallest absolute Gasteiger partial charge is 0.00473 e. The van der Waals surface area contributed by atoms with Gasteiger partial charge in [-0.05, 0) is 30.2 Å². The van der Waals surface area contributed by atoms with Crippen molar-refractivity contribution in [2.45, 2.75) is 64.7 Å². The van der Waals surface area contributed by atoms with Crippen LogP contribution >= 0.6 is 0 Å². The Morgan fingerprint density at radius 2 is 1.19 bits per heavy atom. The van der Waals surface area contributed by atoms with Crippen LogP contribution in [-0.4, -0.2) is 0 Å². The first-order valence-electron chi connectivity index (χ1n) is 6.84. The summed E-state index contributed by atoms with van der Waals surface area (Å²) in [6, 6.07) is 11.1. The quantitative estimate of drug-likeness (QED) is 0.580. The highest BCUT2D eigenvalue weighted by molar-refractivity contribution is 5.25. The molecule has 0 N–H and O–H groups in total. The average Bonchev–Trinajstić information content (AvgIpc) is 2.31. The van der Waals surface area contributed by atoms with Crippen LogP contribution in [0.25, 0.3) is 0 Å². The van der Waals surface area contributed by atoms with E-state index in [1.54, 1.807) is 5.56 Å². The first-order chi connectivity index (χ1) is 7.79. The number of hydrogen-bond donors (Lipinski definition) is 0. The van der Waals surface area contributed by atoms with Gasteiger partial charge in [0.15, 0.2) is 0 Å². The summed E-state index contributed by atoms with van der Waals surface area (Å²) in [6.07, 6.45) is 7.86. The summed E-state index contributed by atoms with van der Waals surface area (Å²) < 4.78 is 0. The highest BCUT2D eigenvalue weighted by atomic mass is 14.3. The van der Waals surface area contributed by atoms with Crippen molar-refractivity contribution in [3.8, 4) is 0 Å². The molecule has 1 aromatic rings. The minimum Gasteiger partial charge on any atom is -0.0654 e. The van der Waals surface area contributed by atoms with Gasteiger partial charge in [-0.1, -0.05) is 70.4 Å². The zero-order valence-electron chi connectivity index (χ0n) is 11.1. The van der Waals surface area contributed by atoms with Gasteiger partial charge < -0.3 is 0 Å². The van der Waals surface area contributed by atoms with E-state index in [2.05, 4.69) is 51.1 Å². The van der Waals surface area contributed by atoms with E-state index >= 15 is 0 Å². The van der Waals surface area contributed by atoms with E-state index in [-0.39, 0.29) is 0 Å². The number of hydrogen-bond acceptors (Lipinski definition) is 0. The van der Waals surface area contributed by atoms with Gasteiger partial charge in [0.25, 0.3) is 0 Å². The van der Waals surface area contributed by atoms with Crippen molar-refractivity contribution in [1.82, 2.24) is 0 Å². The largest absolute Gasteiger partial charge is 0.0654 e. The highest BCUT2D eigenvalue weighted by Crippen LogP contribution is 2.38. The van der Waals surface area contributed by atoms with Crippen molar-refractivity contribution in [2.24, 2.45) is 0 Å². The molecule has 1 rings (SSSR count). The van der Waals surface area contributed by atoms with Gasteiger partial charge >= 0.3 is 0 Å². The van der Waals surface area contributed by atoms with E-state index < -0.39 is 0 Å². The molecule has 0 saturated heterocycles. The second-order valence-corrected chi connectivity index (χ2v) is 4.90. The molecule has 0 nitrogen and oxygen atoms in total. The molecule has 0 heteroatoms. The van der Waals surface area contributed by atoms with Gasteiger partial charge in [0.1, 0.15) is 0 Å². The molecule has 0 aliphatic carbocycles. The summed E-state index contributed by atoms with van der Waals surface area (Å²) in [5.41, 5.74) is 2.00. The minimum absolute atomic E-state index is 0.444. The Kier molecular flexibility index (Phi) is 5.59. The fraction of sp³-hybridized carbons (Fsp3) is 0.625. The summed E-state index contributed by atoms with van der Waals surface area (Å²) in [7, 11) is 0. The predicted molar refractivity (Wildman–Crippen MR) is 72.8 cm³/mol. The number of rotatable bonds is 7. The average molecular weight is 218 g/mol. The van der Waals surface area contributed by atoms with Crippen molar-refractivity contribution in [3.05, 3.63) is 35.9 Å². The van der Waals surface area contributed by atoms with Crippen LogP contribution in [0.2, 0.25) is 0 Å². The third-order valence-corrected chi connectivity index (χ3v) is 3.57. The molecule has 0 atom stereocenters. The van der Waals surface area contributed by atoms with Gasteiger partial charge in [-0.15, -0.1) is 0 Å². The maximum Gasteiger partial charge on any atom is -0.00473 e. The van der Waals surface area contributed by atoms with Crippen molar-refractivity contribution >= 4 is 0 Å². The van der Waals surface area contributed by atoms with E-state index in [0.717, 1.165) is 0 Å². The van der Waals surface area contributed by atoms with Crippen molar-refractivity contribution in [1.29, 1.82) is 0 Å². The summed E-state index contributed by atoms with van der Waals surface area (Å²) in [5, 5.41) is 0. The zero-order valence-corrected chi connectivity index (χ0v) is 11.1. The lowest BCUT2D eigenvalue weighted by molar-refractivity contribution is 0.327. The molecule has 0 unspecified atom stereocenters. The number of benzene rings is 1. The summed E-state index contributed by atoms with van der Waals surface area (Å²) in [5.74, 6) is 0. The summed E-state index contributed by atoms with van der Waals surface area (Å²) in [4.78, 5) is 0. The van der Waals surface area contributed by atoms with Crippen LogP contribution in [0.3, 0.4) is 0 Å². The topological polar surface area (TPSA) is 0 Å². The Morgan fingerprint density at radius 3 is 1.56 bits per heavy atom. The van der Waals surface area contributed by atoms with E-state index in [4.69, 9.17) is 0 Å². The Morgan fingerprint density at radius 1 is 0.750 bits per heavy atom. The first kappa shape index (κ1) is 13.3. The van der Waals surface area contributed by atoms with Crippen molar-refractivity contribution in [2.75, 3.05) is 0 Å². The third-order valence-electron chi connectivity index (χ3n) is 3.57. The minimum atomic E-state index is 0.444. The van der Waals surface area contributed by atoms with Crippen LogP contribution in [0.5, 0.6) is 0 Å². The van der Waals surface area contributed by atoms with Crippen molar-refractivity contribution < 1.29 is 0 Å². The second-order valence-electron chi connectivity index (χ2n) is 4.90. The second kappa shape index (κ2) is 6.73. The molecule has 90 valence electrons. The maximum absolute atomic E-state index is 2.32. The molecule has 16 heavy (non-hydrogen) atoms. The molecular formula is C16H26. The third kappa shape index (κ3) is 3.10. The highest BCUT2D eigenvalue weighted by Gasteiger charge is 2.28. The van der Waals surface area contributed by atoms with Crippen LogP contribution < -0.4 is 0 Å². The molecule has 0 spiro atoms. The van der Waals surface area contributed by atoms with Gasteiger partial charge in [-0.3, -0.25) is 0 Å². The predicted octanol–water partition coefficient (Wildman–Crippen LogP) is 5.32. The lowest BCUT2D eigenvalue weighted by Crippen LogP contribution is -2.25. The standard InChI is InChI=1S/C16H26/c1-4-12-16(13-5-2,14-6-3)15-10-8-7-9-11-15/h7-11H,4-6,12-14H2,1-3H3. The van der Waals surface area contributed by atoms with Gasteiger partial charge in [0.05, 0.1) is 0 Å². The maximum atomic E-state index is 2.32. The van der Waals surface area contributed by atoms with Crippen LogP contribution in [0, 0.1) is 0 Å². The van der Waals surface area contributed by atoms with Gasteiger partial charge in [-0.2, -0.15) is 0 Å². The zero-order chi connectivity index (χ0) is 11.9. The van der Waals surface area contributed by atoms with E-state index in [0.29, 0.717) is 5.41 Å². The van der Waals surface area contributed by atoms with Gasteiger partial charge in [-0.25, -0.2) is 0 Å². The Balaban J connectivity index is 2.99. The lowest BCUT2D eigenvalue weighted by Gasteiger charge is -2.34. The molecule has 0 aliphatic heterocycles. The van der Waals surface area contributed by atoms with E-state index in [1.807, 2.05) is 0 Å². The summed E-state index contributed by atoms with van der Waals surface area (Å²) in [6.45, 7) is 6.93. The Hall–Kier alpha value is -0.780. The molecular weight excluding hydrogens is 192 g/mol. The van der Waals surface area contributed by atoms with E-state index in [9.17, 15) is 0 Å². The van der Waals surface area contributed by atoms with Crippen LogP contribution in [0.1, 0.15) is 64.9 Å². The van der Waals surface area contributed by atoms with Gasteiger partial charge in [0, 0.05) is 0 Å². The monoisotopic (exact) mass is 218 g/mol. The Labute approximate surface area is 101 Å². The Bertz CT molecular complexity index is 256. The molecule has 0 heterocycles. The first-order valence-corrected chi connectivity index (χ1v) is 6.84. The lowest BCUT2D eigenvalue weighted by atomic mass is 9.70. The van der Waals surface area contributed by atoms with Crippen LogP contribution in [0.4, 0.5) is 0 Å². The molecule has 0 bridgehead atoms. The molecule has 0 amide bonds. The SMILES string of the molecule is CCCC(CCC)(CCC)c1ccccc1. The fourth-order valence-corrected chi connectivity index (χ4v) is 3.04. The molecule has 0 aromatic heterocycles. The van der Waals surface area contributed by atoms with Crippen molar-refractivity contribution in [3.63, 3.8) is 0 Å². The molecule has 0 radical (unpaired) electrons. The summed E-state index contributed by atoms with van der Waals surface area (Å²) >= 11 is 0.